The van der Waals surface area contributed by atoms with Crippen LogP contribution < -0.4 is 10.5 Å². The molecule has 2 aliphatic heterocycles. The number of thioether (sulfide) groups is 1. The fourth-order valence-corrected chi connectivity index (χ4v) is 4.57. The SMILES string of the molecule is CC1SCCC12C[C@H](N)c1cc(Br)ccc1O2. The lowest BCUT2D eigenvalue weighted by atomic mass is 9.84. The first-order valence-electron chi connectivity index (χ1n) is 5.96. The monoisotopic (exact) mass is 313 g/mol. The zero-order valence-corrected chi connectivity index (χ0v) is 12.2. The molecule has 92 valence electrons. The van der Waals surface area contributed by atoms with Gasteiger partial charge in [0.25, 0.3) is 0 Å². The fourth-order valence-electron chi connectivity index (χ4n) is 2.81. The van der Waals surface area contributed by atoms with Crippen molar-refractivity contribution in [2.24, 2.45) is 5.73 Å². The van der Waals surface area contributed by atoms with Crippen LogP contribution in [-0.4, -0.2) is 16.6 Å². The van der Waals surface area contributed by atoms with Crippen molar-refractivity contribution < 1.29 is 4.74 Å². The van der Waals surface area contributed by atoms with Gasteiger partial charge < -0.3 is 10.5 Å². The molecule has 0 bridgehead atoms. The van der Waals surface area contributed by atoms with Gasteiger partial charge in [0.05, 0.1) is 0 Å². The largest absolute Gasteiger partial charge is 0.486 e. The third-order valence-electron chi connectivity index (χ3n) is 3.88. The Hall–Kier alpha value is -0.190. The molecule has 4 heteroatoms. The van der Waals surface area contributed by atoms with Crippen LogP contribution >= 0.6 is 27.7 Å². The van der Waals surface area contributed by atoms with E-state index >= 15 is 0 Å². The molecule has 2 unspecified atom stereocenters. The molecule has 0 aliphatic carbocycles. The molecule has 2 nitrogen and oxygen atoms in total. The van der Waals surface area contributed by atoms with E-state index in [0.717, 1.165) is 28.6 Å². The summed E-state index contributed by atoms with van der Waals surface area (Å²) in [5, 5.41) is 0.533. The van der Waals surface area contributed by atoms with Crippen LogP contribution in [0.5, 0.6) is 5.75 Å². The lowest BCUT2D eigenvalue weighted by Crippen LogP contribution is -2.47. The molecule has 3 rings (SSSR count). The maximum atomic E-state index is 6.32. The van der Waals surface area contributed by atoms with Crippen molar-refractivity contribution in [3.05, 3.63) is 28.2 Å². The Bertz CT molecular complexity index is 453. The molecule has 2 N–H and O–H groups in total. The number of benzene rings is 1. The number of fused-ring (bicyclic) bond motifs is 1. The van der Waals surface area contributed by atoms with Gasteiger partial charge in [-0.15, -0.1) is 0 Å². The van der Waals surface area contributed by atoms with E-state index in [4.69, 9.17) is 10.5 Å². The molecule has 3 atom stereocenters. The van der Waals surface area contributed by atoms with Crippen molar-refractivity contribution in [2.45, 2.75) is 36.7 Å². The minimum absolute atomic E-state index is 0.0368. The van der Waals surface area contributed by atoms with Gasteiger partial charge in [-0.25, -0.2) is 0 Å². The quantitative estimate of drug-likeness (QED) is 0.796. The van der Waals surface area contributed by atoms with Gasteiger partial charge in [0.2, 0.25) is 0 Å². The zero-order chi connectivity index (χ0) is 12.0. The molecule has 1 saturated heterocycles. The Balaban J connectivity index is 2.01. The Labute approximate surface area is 114 Å². The van der Waals surface area contributed by atoms with E-state index < -0.39 is 0 Å². The second-order valence-corrected chi connectivity index (χ2v) is 7.29. The highest BCUT2D eigenvalue weighted by atomic mass is 79.9. The summed E-state index contributed by atoms with van der Waals surface area (Å²) >= 11 is 5.48. The number of rotatable bonds is 0. The number of hydrogen-bond acceptors (Lipinski definition) is 3. The minimum atomic E-state index is -0.0368. The average molecular weight is 314 g/mol. The summed E-state index contributed by atoms with van der Waals surface area (Å²) in [7, 11) is 0. The molecule has 1 spiro atoms. The molecule has 1 aromatic rings. The molecule has 17 heavy (non-hydrogen) atoms. The van der Waals surface area contributed by atoms with Gasteiger partial charge in [0, 0.05) is 27.7 Å². The van der Waals surface area contributed by atoms with Crippen molar-refractivity contribution in [1.82, 2.24) is 0 Å². The molecule has 1 aromatic carbocycles. The summed E-state index contributed by atoms with van der Waals surface area (Å²) in [5.41, 5.74) is 7.42. The van der Waals surface area contributed by atoms with Crippen molar-refractivity contribution in [1.29, 1.82) is 0 Å². The van der Waals surface area contributed by atoms with Crippen LogP contribution in [0.1, 0.15) is 31.4 Å². The van der Waals surface area contributed by atoms with Gasteiger partial charge >= 0.3 is 0 Å². The number of nitrogens with two attached hydrogens (primary N) is 1. The summed E-state index contributed by atoms with van der Waals surface area (Å²) in [6.07, 6.45) is 2.05. The Morgan fingerprint density at radius 1 is 1.53 bits per heavy atom. The second-order valence-electron chi connectivity index (χ2n) is 4.92. The van der Waals surface area contributed by atoms with Gasteiger partial charge in [0.1, 0.15) is 11.4 Å². The molecule has 2 aliphatic rings. The Morgan fingerprint density at radius 2 is 2.35 bits per heavy atom. The number of ether oxygens (including phenoxy) is 1. The van der Waals surface area contributed by atoms with Crippen molar-refractivity contribution in [3.8, 4) is 5.75 Å². The number of hydrogen-bond donors (Lipinski definition) is 1. The summed E-state index contributed by atoms with van der Waals surface area (Å²) < 4.78 is 7.37. The summed E-state index contributed by atoms with van der Waals surface area (Å²) in [6.45, 7) is 2.26. The second kappa shape index (κ2) is 4.18. The molecule has 0 aromatic heterocycles. The lowest BCUT2D eigenvalue weighted by molar-refractivity contribution is 0.0410. The highest BCUT2D eigenvalue weighted by Crippen LogP contribution is 2.49. The van der Waals surface area contributed by atoms with Crippen molar-refractivity contribution in [3.63, 3.8) is 0 Å². The highest BCUT2D eigenvalue weighted by molar-refractivity contribution is 9.10. The molecular weight excluding hydrogens is 298 g/mol. The standard InChI is InChI=1S/C13H16BrNOS/c1-8-13(4-5-17-8)7-11(15)10-6-9(14)2-3-12(10)16-13/h2-3,6,8,11H,4-5,7,15H2,1H3/t8?,11-,13?/m0/s1. The van der Waals surface area contributed by atoms with Gasteiger partial charge in [-0.3, -0.25) is 0 Å². The van der Waals surface area contributed by atoms with Crippen LogP contribution in [0.25, 0.3) is 0 Å². The third kappa shape index (κ3) is 1.90. The van der Waals surface area contributed by atoms with Gasteiger partial charge in [-0.2, -0.15) is 11.8 Å². The first-order chi connectivity index (χ1) is 8.11. The van der Waals surface area contributed by atoms with Gasteiger partial charge in [0.15, 0.2) is 0 Å². The Kier molecular flexibility index (Phi) is 2.92. The fraction of sp³-hybridized carbons (Fsp3) is 0.538. The zero-order valence-electron chi connectivity index (χ0n) is 9.78. The van der Waals surface area contributed by atoms with Crippen LogP contribution in [0.3, 0.4) is 0 Å². The van der Waals surface area contributed by atoms with Crippen LogP contribution in [0.4, 0.5) is 0 Å². The van der Waals surface area contributed by atoms with Gasteiger partial charge in [-0.05, 0) is 37.3 Å². The first-order valence-corrected chi connectivity index (χ1v) is 7.80. The Morgan fingerprint density at radius 3 is 3.06 bits per heavy atom. The van der Waals surface area contributed by atoms with E-state index in [9.17, 15) is 0 Å². The average Bonchev–Trinajstić information content (AvgIpc) is 2.62. The number of halogens is 1. The summed E-state index contributed by atoms with van der Waals surface area (Å²) in [4.78, 5) is 0. The van der Waals surface area contributed by atoms with E-state index in [0.29, 0.717) is 5.25 Å². The first kappa shape index (κ1) is 11.9. The molecule has 0 radical (unpaired) electrons. The summed E-state index contributed by atoms with van der Waals surface area (Å²) in [5.74, 6) is 2.15. The maximum absolute atomic E-state index is 6.32. The van der Waals surface area contributed by atoms with Crippen LogP contribution in [-0.2, 0) is 0 Å². The highest BCUT2D eigenvalue weighted by Gasteiger charge is 2.47. The lowest BCUT2D eigenvalue weighted by Gasteiger charge is -2.41. The van der Waals surface area contributed by atoms with Crippen molar-refractivity contribution in [2.75, 3.05) is 5.75 Å². The molecule has 0 saturated carbocycles. The van der Waals surface area contributed by atoms with Crippen LogP contribution in [0.15, 0.2) is 22.7 Å². The van der Waals surface area contributed by atoms with E-state index in [1.54, 1.807) is 0 Å². The van der Waals surface area contributed by atoms with Crippen LogP contribution in [0.2, 0.25) is 0 Å². The molecule has 0 amide bonds. The topological polar surface area (TPSA) is 35.2 Å². The van der Waals surface area contributed by atoms with E-state index in [1.807, 2.05) is 23.9 Å². The van der Waals surface area contributed by atoms with E-state index in [1.165, 1.54) is 5.75 Å². The van der Waals surface area contributed by atoms with Gasteiger partial charge in [-0.1, -0.05) is 15.9 Å². The van der Waals surface area contributed by atoms with Crippen LogP contribution in [0, 0.1) is 0 Å². The normalized spacial score (nSPS) is 35.7. The van der Waals surface area contributed by atoms with Crippen molar-refractivity contribution >= 4 is 27.7 Å². The molecular formula is C13H16BrNOS. The smallest absolute Gasteiger partial charge is 0.125 e. The molecule has 2 heterocycles. The summed E-state index contributed by atoms with van der Waals surface area (Å²) in [6, 6.07) is 6.24. The maximum Gasteiger partial charge on any atom is 0.125 e. The van der Waals surface area contributed by atoms with E-state index in [-0.39, 0.29) is 11.6 Å². The predicted molar refractivity (Wildman–Crippen MR) is 75.6 cm³/mol. The minimum Gasteiger partial charge on any atom is -0.486 e. The van der Waals surface area contributed by atoms with E-state index in [2.05, 4.69) is 28.9 Å². The molecule has 1 fully saturated rings. The predicted octanol–water partition coefficient (Wildman–Crippen LogP) is 3.50. The third-order valence-corrected chi connectivity index (χ3v) is 5.75.